The molecule has 1 aromatic heterocycles. The Hall–Kier alpha value is -1.42. The average Bonchev–Trinajstić information content (AvgIpc) is 2.70. The first-order valence-corrected chi connectivity index (χ1v) is 5.68. The van der Waals surface area contributed by atoms with Gasteiger partial charge in [-0.3, -0.25) is 4.79 Å². The highest BCUT2D eigenvalue weighted by atomic mass is 35.5. The Labute approximate surface area is 104 Å². The van der Waals surface area contributed by atoms with Crippen molar-refractivity contribution in [2.24, 2.45) is 0 Å². The quantitative estimate of drug-likeness (QED) is 0.778. The van der Waals surface area contributed by atoms with Crippen LogP contribution in [0, 0.1) is 5.82 Å². The Kier molecular flexibility index (Phi) is 3.43. The Morgan fingerprint density at radius 2 is 2.29 bits per heavy atom. The highest BCUT2D eigenvalue weighted by molar-refractivity contribution is 6.29. The zero-order valence-corrected chi connectivity index (χ0v) is 10.2. The zero-order valence-electron chi connectivity index (χ0n) is 9.41. The first-order chi connectivity index (χ1) is 8.06. The molecule has 0 radical (unpaired) electrons. The minimum Gasteiger partial charge on any atom is -0.373 e. The van der Waals surface area contributed by atoms with Crippen molar-refractivity contribution in [3.05, 3.63) is 40.6 Å². The second-order valence-corrected chi connectivity index (χ2v) is 4.43. The molecule has 0 aromatic carbocycles. The second kappa shape index (κ2) is 4.84. The lowest BCUT2D eigenvalue weighted by Crippen LogP contribution is -2.16. The number of hydrogen-bond donors (Lipinski definition) is 0. The monoisotopic (exact) mass is 254 g/mol. The summed E-state index contributed by atoms with van der Waals surface area (Å²) in [5, 5.41) is -0.119. The summed E-state index contributed by atoms with van der Waals surface area (Å²) in [5.41, 5.74) is 1.71. The number of ketones is 1. The van der Waals surface area contributed by atoms with Gasteiger partial charge in [-0.2, -0.15) is 0 Å². The predicted octanol–water partition coefficient (Wildman–Crippen LogP) is 2.55. The Balaban J connectivity index is 2.08. The zero-order chi connectivity index (χ0) is 12.4. The molecule has 0 saturated heterocycles. The van der Waals surface area contributed by atoms with Crippen LogP contribution in [-0.4, -0.2) is 22.7 Å². The van der Waals surface area contributed by atoms with Crippen LogP contribution >= 0.6 is 11.6 Å². The maximum absolute atomic E-state index is 13.2. The van der Waals surface area contributed by atoms with Crippen molar-refractivity contribution in [2.45, 2.75) is 19.4 Å². The largest absolute Gasteiger partial charge is 0.373 e. The van der Waals surface area contributed by atoms with E-state index in [0.717, 1.165) is 17.7 Å². The number of halogens is 2. The van der Waals surface area contributed by atoms with Gasteiger partial charge in [0.1, 0.15) is 0 Å². The van der Waals surface area contributed by atoms with Gasteiger partial charge in [-0.25, -0.2) is 9.37 Å². The van der Waals surface area contributed by atoms with Crippen molar-refractivity contribution in [2.75, 3.05) is 7.05 Å². The maximum atomic E-state index is 13.2. The van der Waals surface area contributed by atoms with Crippen LogP contribution in [0.4, 0.5) is 4.39 Å². The van der Waals surface area contributed by atoms with Gasteiger partial charge in [0.15, 0.2) is 16.8 Å². The molecule has 0 fully saturated rings. The van der Waals surface area contributed by atoms with Crippen molar-refractivity contribution in [1.29, 1.82) is 0 Å². The van der Waals surface area contributed by atoms with Gasteiger partial charge in [0.05, 0.1) is 0 Å². The topological polar surface area (TPSA) is 33.2 Å². The van der Waals surface area contributed by atoms with Gasteiger partial charge in [-0.15, -0.1) is 0 Å². The smallest absolute Gasteiger partial charge is 0.164 e. The fourth-order valence-corrected chi connectivity index (χ4v) is 1.91. The van der Waals surface area contributed by atoms with E-state index in [4.69, 9.17) is 11.6 Å². The average molecular weight is 255 g/mol. The van der Waals surface area contributed by atoms with Crippen LogP contribution in [0.15, 0.2) is 24.0 Å². The number of pyridine rings is 1. The SMILES string of the molecule is CN(Cc1cnc(Cl)c(F)c1)C1=CC(=O)CC1. The molecule has 1 aliphatic carbocycles. The van der Waals surface area contributed by atoms with Gasteiger partial charge in [-0.1, -0.05) is 11.6 Å². The summed E-state index contributed by atoms with van der Waals surface area (Å²) >= 11 is 5.51. The van der Waals surface area contributed by atoms with Gasteiger partial charge in [0.25, 0.3) is 0 Å². The van der Waals surface area contributed by atoms with Crippen LogP contribution in [0.3, 0.4) is 0 Å². The number of allylic oxidation sites excluding steroid dienone is 2. The van der Waals surface area contributed by atoms with Crippen LogP contribution in [0.25, 0.3) is 0 Å². The van der Waals surface area contributed by atoms with E-state index >= 15 is 0 Å². The summed E-state index contributed by atoms with van der Waals surface area (Å²) in [7, 11) is 1.87. The van der Waals surface area contributed by atoms with Gasteiger partial charge in [0.2, 0.25) is 0 Å². The molecular formula is C12H12ClFN2O. The maximum Gasteiger partial charge on any atom is 0.164 e. The van der Waals surface area contributed by atoms with Crippen LogP contribution in [0.5, 0.6) is 0 Å². The molecule has 3 nitrogen and oxygen atoms in total. The third-order valence-electron chi connectivity index (χ3n) is 2.72. The third kappa shape index (κ3) is 2.82. The second-order valence-electron chi connectivity index (χ2n) is 4.07. The Bertz CT molecular complexity index is 487. The van der Waals surface area contributed by atoms with Crippen molar-refractivity contribution < 1.29 is 9.18 Å². The number of rotatable bonds is 3. The molecule has 0 saturated carbocycles. The van der Waals surface area contributed by atoms with E-state index in [9.17, 15) is 9.18 Å². The third-order valence-corrected chi connectivity index (χ3v) is 3.00. The van der Waals surface area contributed by atoms with Gasteiger partial charge < -0.3 is 4.90 Å². The molecule has 0 aliphatic heterocycles. The van der Waals surface area contributed by atoms with Gasteiger partial charge in [-0.05, 0) is 18.1 Å². The van der Waals surface area contributed by atoms with Crippen molar-refractivity contribution >= 4 is 17.4 Å². The molecule has 0 spiro atoms. The van der Waals surface area contributed by atoms with Crippen molar-refractivity contribution in [1.82, 2.24) is 9.88 Å². The molecule has 0 bridgehead atoms. The summed E-state index contributed by atoms with van der Waals surface area (Å²) in [6.45, 7) is 0.514. The Morgan fingerprint density at radius 3 is 2.88 bits per heavy atom. The lowest BCUT2D eigenvalue weighted by molar-refractivity contribution is -0.114. The van der Waals surface area contributed by atoms with Crippen LogP contribution in [-0.2, 0) is 11.3 Å². The first kappa shape index (κ1) is 12.0. The molecule has 0 N–H and O–H groups in total. The fourth-order valence-electron chi connectivity index (χ4n) is 1.81. The molecule has 1 aromatic rings. The molecule has 5 heteroatoms. The number of nitrogens with zero attached hydrogens (tertiary/aromatic N) is 2. The van der Waals surface area contributed by atoms with E-state index < -0.39 is 5.82 Å². The molecule has 17 heavy (non-hydrogen) atoms. The number of carbonyl (C=O) groups excluding carboxylic acids is 1. The molecule has 1 heterocycles. The van der Waals surface area contributed by atoms with Crippen molar-refractivity contribution in [3.63, 3.8) is 0 Å². The standard InChI is InChI=1S/C12H12ClFN2O/c1-16(9-2-3-10(17)5-9)7-8-4-11(14)12(13)15-6-8/h4-6H,2-3,7H2,1H3. The lowest BCUT2D eigenvalue weighted by atomic mass is 10.2. The summed E-state index contributed by atoms with van der Waals surface area (Å²) in [6, 6.07) is 1.36. The normalized spacial score (nSPS) is 15.0. The number of aromatic nitrogens is 1. The minimum absolute atomic E-state index is 0.119. The van der Waals surface area contributed by atoms with E-state index in [2.05, 4.69) is 4.98 Å². The molecule has 0 amide bonds. The van der Waals surface area contributed by atoms with Crippen LogP contribution in [0.1, 0.15) is 18.4 Å². The fraction of sp³-hybridized carbons (Fsp3) is 0.333. The summed E-state index contributed by atoms with van der Waals surface area (Å²) in [5.74, 6) is -0.374. The van der Waals surface area contributed by atoms with Gasteiger partial charge in [0, 0.05) is 38.0 Å². The molecular weight excluding hydrogens is 243 g/mol. The molecule has 0 unspecified atom stereocenters. The highest BCUT2D eigenvalue weighted by Gasteiger charge is 2.15. The summed E-state index contributed by atoms with van der Waals surface area (Å²) < 4.78 is 13.2. The number of carbonyl (C=O) groups is 1. The van der Waals surface area contributed by atoms with Crippen LogP contribution < -0.4 is 0 Å². The summed E-state index contributed by atoms with van der Waals surface area (Å²) in [6.07, 6.45) is 4.49. The molecule has 2 rings (SSSR count). The van der Waals surface area contributed by atoms with Crippen LogP contribution in [0.2, 0.25) is 5.15 Å². The van der Waals surface area contributed by atoms with E-state index in [1.165, 1.54) is 6.07 Å². The van der Waals surface area contributed by atoms with Gasteiger partial charge >= 0.3 is 0 Å². The van der Waals surface area contributed by atoms with E-state index in [0.29, 0.717) is 13.0 Å². The molecule has 1 aliphatic rings. The first-order valence-electron chi connectivity index (χ1n) is 5.30. The minimum atomic E-state index is -0.519. The lowest BCUT2D eigenvalue weighted by Gasteiger charge is -2.20. The molecule has 0 atom stereocenters. The van der Waals surface area contributed by atoms with E-state index in [-0.39, 0.29) is 10.9 Å². The number of hydrogen-bond acceptors (Lipinski definition) is 3. The molecule has 90 valence electrons. The van der Waals surface area contributed by atoms with E-state index in [1.807, 2.05) is 11.9 Å². The Morgan fingerprint density at radius 1 is 1.53 bits per heavy atom. The summed E-state index contributed by atoms with van der Waals surface area (Å²) in [4.78, 5) is 16.8. The predicted molar refractivity (Wildman–Crippen MR) is 63.0 cm³/mol. The van der Waals surface area contributed by atoms with Crippen molar-refractivity contribution in [3.8, 4) is 0 Å². The highest BCUT2D eigenvalue weighted by Crippen LogP contribution is 2.20. The van der Waals surface area contributed by atoms with E-state index in [1.54, 1.807) is 12.3 Å².